The summed E-state index contributed by atoms with van der Waals surface area (Å²) in [6.45, 7) is 0. The fraction of sp³-hybridized carbons (Fsp3) is 0.0476. The minimum atomic E-state index is -0.306. The molecule has 0 spiro atoms. The van der Waals surface area contributed by atoms with Gasteiger partial charge in [-0.3, -0.25) is 5.10 Å². The molecule has 0 atom stereocenters. The Bertz CT molecular complexity index is 1090. The third-order valence-corrected chi connectivity index (χ3v) is 4.42. The molecule has 4 aromatic rings. The summed E-state index contributed by atoms with van der Waals surface area (Å²) in [6.07, 6.45) is 3.75. The molecule has 0 amide bonds. The summed E-state index contributed by atoms with van der Waals surface area (Å²) in [7, 11) is 0. The molecule has 134 valence electrons. The van der Waals surface area contributed by atoms with E-state index in [0.717, 1.165) is 33.5 Å². The van der Waals surface area contributed by atoms with Crippen LogP contribution in [0.4, 0.5) is 14.6 Å². The fourth-order valence-corrected chi connectivity index (χ4v) is 3.12. The number of aromatic amines is 1. The number of halogens is 2. The largest absolute Gasteiger partial charge is 0.383 e. The van der Waals surface area contributed by atoms with Crippen LogP contribution in [0, 0.1) is 11.6 Å². The molecule has 4 rings (SSSR count). The van der Waals surface area contributed by atoms with Crippen molar-refractivity contribution in [2.45, 2.75) is 6.42 Å². The highest BCUT2D eigenvalue weighted by Crippen LogP contribution is 2.34. The summed E-state index contributed by atoms with van der Waals surface area (Å²) in [5.74, 6) is -0.227. The second-order valence-electron chi connectivity index (χ2n) is 6.19. The lowest BCUT2D eigenvalue weighted by Crippen LogP contribution is -2.02. The first-order valence-corrected chi connectivity index (χ1v) is 8.39. The minimum Gasteiger partial charge on any atom is -0.383 e. The first kappa shape index (κ1) is 16.9. The number of hydrogen-bond acceptors (Lipinski definition) is 3. The molecule has 0 aliphatic rings. The third-order valence-electron chi connectivity index (χ3n) is 4.42. The van der Waals surface area contributed by atoms with E-state index in [9.17, 15) is 8.78 Å². The van der Waals surface area contributed by atoms with Gasteiger partial charge in [-0.2, -0.15) is 5.10 Å². The summed E-state index contributed by atoms with van der Waals surface area (Å²) in [6, 6.07) is 14.4. The van der Waals surface area contributed by atoms with E-state index in [0.29, 0.717) is 12.2 Å². The zero-order valence-electron chi connectivity index (χ0n) is 14.3. The molecular weight excluding hydrogens is 346 g/mol. The normalized spacial score (nSPS) is 10.9. The Morgan fingerprint density at radius 2 is 1.74 bits per heavy atom. The predicted molar refractivity (Wildman–Crippen MR) is 101 cm³/mol. The lowest BCUT2D eigenvalue weighted by Gasteiger charge is -2.12. The van der Waals surface area contributed by atoms with Crippen LogP contribution in [0.25, 0.3) is 22.4 Å². The average molecular weight is 362 g/mol. The molecule has 0 aliphatic heterocycles. The maximum atomic E-state index is 13.6. The van der Waals surface area contributed by atoms with E-state index in [1.807, 2.05) is 12.1 Å². The first-order chi connectivity index (χ1) is 13.1. The Kier molecular flexibility index (Phi) is 4.38. The number of hydrogen-bond donors (Lipinski definition) is 2. The lowest BCUT2D eigenvalue weighted by molar-refractivity contribution is 0.626. The van der Waals surface area contributed by atoms with Crippen molar-refractivity contribution in [2.75, 3.05) is 5.73 Å². The molecule has 2 aromatic heterocycles. The second kappa shape index (κ2) is 6.99. The van der Waals surface area contributed by atoms with Gasteiger partial charge in [0.15, 0.2) is 0 Å². The lowest BCUT2D eigenvalue weighted by atomic mass is 9.94. The molecule has 0 saturated carbocycles. The Morgan fingerprint density at radius 1 is 0.926 bits per heavy atom. The number of anilines is 1. The van der Waals surface area contributed by atoms with Crippen molar-refractivity contribution in [3.05, 3.63) is 89.8 Å². The highest BCUT2D eigenvalue weighted by atomic mass is 19.1. The quantitative estimate of drug-likeness (QED) is 0.558. The van der Waals surface area contributed by atoms with Crippen LogP contribution in [0.5, 0.6) is 0 Å². The summed E-state index contributed by atoms with van der Waals surface area (Å²) >= 11 is 0. The van der Waals surface area contributed by atoms with Crippen LogP contribution in [0.3, 0.4) is 0 Å². The number of nitrogen functional groups attached to an aromatic ring is 1. The van der Waals surface area contributed by atoms with Gasteiger partial charge in [0.1, 0.15) is 17.5 Å². The predicted octanol–water partition coefficient (Wildman–Crippen LogP) is 4.59. The Morgan fingerprint density at radius 3 is 2.52 bits per heavy atom. The smallest absolute Gasteiger partial charge is 0.127 e. The van der Waals surface area contributed by atoms with Gasteiger partial charge in [0, 0.05) is 29.3 Å². The number of nitrogens with zero attached hydrogens (tertiary/aromatic N) is 2. The van der Waals surface area contributed by atoms with Crippen molar-refractivity contribution in [1.29, 1.82) is 0 Å². The monoisotopic (exact) mass is 362 g/mol. The Labute approximate surface area is 154 Å². The topological polar surface area (TPSA) is 67.6 Å². The number of nitrogens with one attached hydrogen (secondary N) is 1. The second-order valence-corrected chi connectivity index (χ2v) is 6.19. The molecule has 6 heteroatoms. The number of H-pyrrole nitrogens is 1. The van der Waals surface area contributed by atoms with Gasteiger partial charge in [0.05, 0.1) is 11.9 Å². The molecule has 4 nitrogen and oxygen atoms in total. The van der Waals surface area contributed by atoms with Crippen molar-refractivity contribution >= 4 is 5.82 Å². The van der Waals surface area contributed by atoms with Crippen LogP contribution in [0.15, 0.2) is 67.0 Å². The first-order valence-electron chi connectivity index (χ1n) is 8.39. The number of benzene rings is 2. The number of pyridine rings is 1. The van der Waals surface area contributed by atoms with Crippen LogP contribution >= 0.6 is 0 Å². The Hall–Kier alpha value is -3.54. The molecule has 3 N–H and O–H groups in total. The summed E-state index contributed by atoms with van der Waals surface area (Å²) in [5.41, 5.74) is 10.9. The molecule has 0 bridgehead atoms. The van der Waals surface area contributed by atoms with Crippen LogP contribution < -0.4 is 5.73 Å². The zero-order valence-corrected chi connectivity index (χ0v) is 14.3. The molecular formula is C21H16F2N4. The number of aromatic nitrogens is 3. The maximum absolute atomic E-state index is 13.6. The number of rotatable bonds is 4. The van der Waals surface area contributed by atoms with Crippen molar-refractivity contribution < 1.29 is 8.78 Å². The van der Waals surface area contributed by atoms with E-state index < -0.39 is 0 Å². The molecule has 0 fully saturated rings. The van der Waals surface area contributed by atoms with Crippen molar-refractivity contribution in [2.24, 2.45) is 0 Å². The maximum Gasteiger partial charge on any atom is 0.127 e. The average Bonchev–Trinajstić information content (AvgIpc) is 3.14. The molecule has 0 saturated heterocycles. The molecule has 0 unspecified atom stereocenters. The molecule has 0 aliphatic carbocycles. The standard InChI is InChI=1S/C21H16F2N4/c22-15-6-4-14(5-7-15)20-19(12-26-27-20)17-8-9-25-21(24)18(17)11-13-2-1-3-16(23)10-13/h1-10,12H,11H2,(H2,24,25)(H,26,27). The van der Waals surface area contributed by atoms with Gasteiger partial charge >= 0.3 is 0 Å². The van der Waals surface area contributed by atoms with Crippen molar-refractivity contribution in [3.8, 4) is 22.4 Å². The van der Waals surface area contributed by atoms with E-state index in [-0.39, 0.29) is 11.6 Å². The van der Waals surface area contributed by atoms with Crippen molar-refractivity contribution in [3.63, 3.8) is 0 Å². The fourth-order valence-electron chi connectivity index (χ4n) is 3.12. The van der Waals surface area contributed by atoms with E-state index in [1.165, 1.54) is 24.3 Å². The summed E-state index contributed by atoms with van der Waals surface area (Å²) in [5, 5.41) is 7.12. The van der Waals surface area contributed by atoms with Crippen LogP contribution in [0.1, 0.15) is 11.1 Å². The molecule has 27 heavy (non-hydrogen) atoms. The highest BCUT2D eigenvalue weighted by Gasteiger charge is 2.16. The van der Waals surface area contributed by atoms with Gasteiger partial charge in [-0.05, 0) is 53.6 Å². The highest BCUT2D eigenvalue weighted by molar-refractivity contribution is 5.83. The Balaban J connectivity index is 1.81. The van der Waals surface area contributed by atoms with Gasteiger partial charge in [0.2, 0.25) is 0 Å². The van der Waals surface area contributed by atoms with E-state index in [4.69, 9.17) is 5.73 Å². The van der Waals surface area contributed by atoms with E-state index in [2.05, 4.69) is 15.2 Å². The minimum absolute atomic E-state index is 0.299. The van der Waals surface area contributed by atoms with Gasteiger partial charge in [-0.1, -0.05) is 12.1 Å². The van der Waals surface area contributed by atoms with E-state index >= 15 is 0 Å². The summed E-state index contributed by atoms with van der Waals surface area (Å²) < 4.78 is 26.8. The molecule has 2 heterocycles. The summed E-state index contributed by atoms with van der Waals surface area (Å²) in [4.78, 5) is 4.19. The van der Waals surface area contributed by atoms with Crippen LogP contribution in [-0.2, 0) is 6.42 Å². The zero-order chi connectivity index (χ0) is 18.8. The van der Waals surface area contributed by atoms with Gasteiger partial charge in [-0.15, -0.1) is 0 Å². The third kappa shape index (κ3) is 3.42. The van der Waals surface area contributed by atoms with Gasteiger partial charge in [0.25, 0.3) is 0 Å². The molecule has 0 radical (unpaired) electrons. The van der Waals surface area contributed by atoms with Crippen molar-refractivity contribution in [1.82, 2.24) is 15.2 Å². The van der Waals surface area contributed by atoms with E-state index in [1.54, 1.807) is 30.6 Å². The van der Waals surface area contributed by atoms with Gasteiger partial charge in [-0.25, -0.2) is 13.8 Å². The molecule has 2 aromatic carbocycles. The van der Waals surface area contributed by atoms with Crippen LogP contribution in [-0.4, -0.2) is 15.2 Å². The number of nitrogens with two attached hydrogens (primary N) is 1. The van der Waals surface area contributed by atoms with Gasteiger partial charge < -0.3 is 5.73 Å². The SMILES string of the molecule is Nc1nccc(-c2cn[nH]c2-c2ccc(F)cc2)c1Cc1cccc(F)c1. The van der Waals surface area contributed by atoms with Crippen LogP contribution in [0.2, 0.25) is 0 Å².